The van der Waals surface area contributed by atoms with E-state index < -0.39 is 0 Å². The summed E-state index contributed by atoms with van der Waals surface area (Å²) in [5.41, 5.74) is 1.93. The summed E-state index contributed by atoms with van der Waals surface area (Å²) in [5, 5.41) is 27.9. The quantitative estimate of drug-likeness (QED) is 0.291. The molecule has 2 aromatic carbocycles. The van der Waals surface area contributed by atoms with Gasteiger partial charge in [0.1, 0.15) is 22.4 Å². The van der Waals surface area contributed by atoms with Crippen LogP contribution >= 0.6 is 23.1 Å². The van der Waals surface area contributed by atoms with Crippen LogP contribution in [0.25, 0.3) is 27.2 Å². The Morgan fingerprint density at radius 2 is 1.89 bits per heavy atom. The average Bonchev–Trinajstić information content (AvgIpc) is 3.34. The Hall–Kier alpha value is -3.15. The lowest BCUT2D eigenvalue weighted by atomic mass is 10.2. The Labute approximate surface area is 163 Å². The molecule has 0 aliphatic carbocycles. The SMILES string of the molecule is N#C/C(=C(/O)CSc1n[nH]c(-c2ccccc2)n1)c1nc2ccccc2s1. The zero-order valence-corrected chi connectivity index (χ0v) is 15.6. The van der Waals surface area contributed by atoms with Crippen LogP contribution in [0.15, 0.2) is 65.5 Å². The van der Waals surface area contributed by atoms with Crippen LogP contribution in [0.2, 0.25) is 0 Å². The van der Waals surface area contributed by atoms with Crippen molar-refractivity contribution in [1.82, 2.24) is 20.2 Å². The average molecular weight is 391 g/mol. The number of hydrogen-bond donors (Lipinski definition) is 2. The van der Waals surface area contributed by atoms with Crippen LogP contribution < -0.4 is 0 Å². The van der Waals surface area contributed by atoms with Gasteiger partial charge in [0.05, 0.1) is 16.0 Å². The molecule has 2 heterocycles. The third-order valence-electron chi connectivity index (χ3n) is 3.76. The Morgan fingerprint density at radius 1 is 1.11 bits per heavy atom. The number of nitrogens with one attached hydrogen (secondary N) is 1. The van der Waals surface area contributed by atoms with E-state index in [4.69, 9.17) is 0 Å². The van der Waals surface area contributed by atoms with Gasteiger partial charge in [-0.2, -0.15) is 5.26 Å². The summed E-state index contributed by atoms with van der Waals surface area (Å²) < 4.78 is 0.974. The van der Waals surface area contributed by atoms with Crippen LogP contribution in [0.5, 0.6) is 0 Å². The second-order valence-corrected chi connectivity index (χ2v) is 7.51. The van der Waals surface area contributed by atoms with Crippen LogP contribution in [-0.2, 0) is 0 Å². The summed E-state index contributed by atoms with van der Waals surface area (Å²) in [7, 11) is 0. The van der Waals surface area contributed by atoms with Crippen molar-refractivity contribution in [1.29, 1.82) is 5.26 Å². The van der Waals surface area contributed by atoms with E-state index in [0.717, 1.165) is 15.8 Å². The Kier molecular flexibility index (Phi) is 4.87. The van der Waals surface area contributed by atoms with Crippen molar-refractivity contribution in [3.63, 3.8) is 0 Å². The zero-order chi connectivity index (χ0) is 18.6. The van der Waals surface area contributed by atoms with E-state index in [1.165, 1.54) is 23.1 Å². The van der Waals surface area contributed by atoms with E-state index in [9.17, 15) is 10.4 Å². The van der Waals surface area contributed by atoms with Crippen molar-refractivity contribution in [3.8, 4) is 17.5 Å². The molecule has 0 spiro atoms. The van der Waals surface area contributed by atoms with E-state index in [1.807, 2.05) is 54.6 Å². The van der Waals surface area contributed by atoms with Crippen molar-refractivity contribution in [3.05, 3.63) is 65.4 Å². The lowest BCUT2D eigenvalue weighted by Gasteiger charge is -2.00. The molecule has 27 heavy (non-hydrogen) atoms. The van der Waals surface area contributed by atoms with Gasteiger partial charge in [0.15, 0.2) is 5.82 Å². The molecule has 0 radical (unpaired) electrons. The highest BCUT2D eigenvalue weighted by Gasteiger charge is 2.15. The molecule has 0 saturated heterocycles. The molecule has 0 aliphatic heterocycles. The highest BCUT2D eigenvalue weighted by molar-refractivity contribution is 7.99. The van der Waals surface area contributed by atoms with E-state index in [1.54, 1.807) is 0 Å². The summed E-state index contributed by atoms with van der Waals surface area (Å²) in [6.07, 6.45) is 0. The minimum atomic E-state index is -0.0346. The van der Waals surface area contributed by atoms with E-state index in [-0.39, 0.29) is 17.1 Å². The molecule has 4 rings (SSSR count). The number of aromatic amines is 1. The number of allylic oxidation sites excluding steroid dienone is 1. The first kappa shape index (κ1) is 17.3. The van der Waals surface area contributed by atoms with Gasteiger partial charge in [0.25, 0.3) is 0 Å². The van der Waals surface area contributed by atoms with E-state index in [2.05, 4.69) is 26.2 Å². The molecule has 132 valence electrons. The number of para-hydroxylation sites is 1. The Balaban J connectivity index is 1.53. The number of nitriles is 1. The summed E-state index contributed by atoms with van der Waals surface area (Å²) >= 11 is 2.64. The third kappa shape index (κ3) is 3.69. The second kappa shape index (κ2) is 7.61. The standard InChI is InChI=1S/C19H13N5OS2/c20-10-13(18-21-14-8-4-5-9-16(14)27-18)15(25)11-26-19-22-17(23-24-19)12-6-2-1-3-7-12/h1-9,25H,11H2,(H,22,23,24)/b15-13-. The molecule has 2 N–H and O–H groups in total. The molecule has 0 bridgehead atoms. The normalized spacial score (nSPS) is 12.0. The minimum absolute atomic E-state index is 0.0346. The van der Waals surface area contributed by atoms with Gasteiger partial charge in [0, 0.05) is 5.56 Å². The highest BCUT2D eigenvalue weighted by atomic mass is 32.2. The number of H-pyrrole nitrogens is 1. The number of thioether (sulfide) groups is 1. The van der Waals surface area contributed by atoms with Gasteiger partial charge in [-0.25, -0.2) is 9.97 Å². The fourth-order valence-corrected chi connectivity index (χ4v) is 4.11. The van der Waals surface area contributed by atoms with Gasteiger partial charge in [0.2, 0.25) is 5.16 Å². The minimum Gasteiger partial charge on any atom is -0.510 e. The number of aromatic nitrogens is 4. The first-order chi connectivity index (χ1) is 13.2. The van der Waals surface area contributed by atoms with Gasteiger partial charge in [-0.3, -0.25) is 5.10 Å². The molecule has 0 fully saturated rings. The summed E-state index contributed by atoms with van der Waals surface area (Å²) in [4.78, 5) is 8.85. The highest BCUT2D eigenvalue weighted by Crippen LogP contribution is 2.29. The van der Waals surface area contributed by atoms with Crippen LogP contribution in [-0.4, -0.2) is 31.0 Å². The maximum Gasteiger partial charge on any atom is 0.209 e. The molecule has 0 amide bonds. The van der Waals surface area contributed by atoms with Crippen LogP contribution in [0.4, 0.5) is 0 Å². The monoisotopic (exact) mass is 391 g/mol. The molecular formula is C19H13N5OS2. The van der Waals surface area contributed by atoms with Gasteiger partial charge in [-0.1, -0.05) is 54.2 Å². The number of rotatable bonds is 5. The first-order valence-electron chi connectivity index (χ1n) is 8.03. The second-order valence-electron chi connectivity index (χ2n) is 5.54. The first-order valence-corrected chi connectivity index (χ1v) is 9.83. The van der Waals surface area contributed by atoms with Crippen LogP contribution in [0, 0.1) is 11.3 Å². The zero-order valence-electron chi connectivity index (χ0n) is 14.0. The molecule has 6 nitrogen and oxygen atoms in total. The maximum absolute atomic E-state index is 10.4. The largest absolute Gasteiger partial charge is 0.510 e. The summed E-state index contributed by atoms with van der Waals surface area (Å²) in [6, 6.07) is 19.4. The maximum atomic E-state index is 10.4. The molecule has 0 atom stereocenters. The predicted octanol–water partition coefficient (Wildman–Crippen LogP) is 4.67. The van der Waals surface area contributed by atoms with Crippen molar-refractivity contribution < 1.29 is 5.11 Å². The summed E-state index contributed by atoms with van der Waals surface area (Å²) in [5.74, 6) is 0.811. The Morgan fingerprint density at radius 3 is 2.67 bits per heavy atom. The molecule has 0 saturated carbocycles. The van der Waals surface area contributed by atoms with Gasteiger partial charge >= 0.3 is 0 Å². The Bertz CT molecular complexity index is 1120. The van der Waals surface area contributed by atoms with E-state index >= 15 is 0 Å². The van der Waals surface area contributed by atoms with Crippen LogP contribution in [0.3, 0.4) is 0 Å². The lowest BCUT2D eigenvalue weighted by molar-refractivity contribution is 0.420. The molecular weight excluding hydrogens is 378 g/mol. The molecule has 0 aliphatic rings. The molecule has 8 heteroatoms. The topological polar surface area (TPSA) is 98.5 Å². The smallest absolute Gasteiger partial charge is 0.209 e. The summed E-state index contributed by atoms with van der Waals surface area (Å²) in [6.45, 7) is 0. The third-order valence-corrected chi connectivity index (χ3v) is 5.67. The predicted molar refractivity (Wildman–Crippen MR) is 107 cm³/mol. The number of fused-ring (bicyclic) bond motifs is 1. The lowest BCUT2D eigenvalue weighted by Crippen LogP contribution is -1.93. The van der Waals surface area contributed by atoms with Crippen molar-refractivity contribution in [2.45, 2.75) is 5.16 Å². The van der Waals surface area contributed by atoms with Crippen molar-refractivity contribution in [2.24, 2.45) is 0 Å². The van der Waals surface area contributed by atoms with Gasteiger partial charge in [-0.15, -0.1) is 16.4 Å². The van der Waals surface area contributed by atoms with Crippen LogP contribution in [0.1, 0.15) is 5.01 Å². The number of aliphatic hydroxyl groups is 1. The fraction of sp³-hybridized carbons (Fsp3) is 0.0526. The number of nitrogens with zero attached hydrogens (tertiary/aromatic N) is 4. The van der Waals surface area contributed by atoms with E-state index in [0.29, 0.717) is 16.0 Å². The number of aliphatic hydroxyl groups excluding tert-OH is 1. The number of hydrogen-bond acceptors (Lipinski definition) is 7. The van der Waals surface area contributed by atoms with Gasteiger partial charge in [-0.05, 0) is 12.1 Å². The molecule has 2 aromatic heterocycles. The van der Waals surface area contributed by atoms with Crippen molar-refractivity contribution in [2.75, 3.05) is 5.75 Å². The molecule has 4 aromatic rings. The van der Waals surface area contributed by atoms with Crippen molar-refractivity contribution >= 4 is 38.9 Å². The fourth-order valence-electron chi connectivity index (χ4n) is 2.46. The van der Waals surface area contributed by atoms with Gasteiger partial charge < -0.3 is 5.11 Å². The molecule has 0 unspecified atom stereocenters. The number of thiazole rings is 1. The number of benzene rings is 2.